The first-order valence-corrected chi connectivity index (χ1v) is 3.58. The quantitative estimate of drug-likeness (QED) is 0.577. The van der Waals surface area contributed by atoms with Gasteiger partial charge in [-0.25, -0.2) is 4.99 Å². The smallest absolute Gasteiger partial charge is 0.173 e. The first kappa shape index (κ1) is 8.07. The number of allylic oxidation sites excluding steroid dienone is 1. The Kier molecular flexibility index (Phi) is 2.14. The Morgan fingerprint density at radius 1 is 1.73 bits per heavy atom. The first-order valence-electron chi connectivity index (χ1n) is 3.58. The predicted octanol–water partition coefficient (Wildman–Crippen LogP) is 0.423. The molecule has 0 spiro atoms. The van der Waals surface area contributed by atoms with E-state index >= 15 is 0 Å². The van der Waals surface area contributed by atoms with Crippen molar-refractivity contribution in [3.63, 3.8) is 0 Å². The van der Waals surface area contributed by atoms with E-state index in [4.69, 9.17) is 10.8 Å². The fourth-order valence-electron chi connectivity index (χ4n) is 0.947. The molecule has 4 nitrogen and oxygen atoms in total. The van der Waals surface area contributed by atoms with Crippen LogP contribution in [0.4, 0.5) is 0 Å². The Morgan fingerprint density at radius 2 is 2.36 bits per heavy atom. The Balaban J connectivity index is 2.73. The molecule has 1 heterocycles. The van der Waals surface area contributed by atoms with Crippen LogP contribution in [0.1, 0.15) is 13.8 Å². The van der Waals surface area contributed by atoms with E-state index in [1.165, 1.54) is 6.21 Å². The zero-order valence-corrected chi connectivity index (χ0v) is 6.73. The van der Waals surface area contributed by atoms with E-state index in [1.54, 1.807) is 11.1 Å². The molecule has 0 radical (unpaired) electrons. The topological polar surface area (TPSA) is 61.8 Å². The highest BCUT2D eigenvalue weighted by Gasteiger charge is 2.15. The summed E-state index contributed by atoms with van der Waals surface area (Å²) in [5.74, 6) is 0.153. The second-order valence-electron chi connectivity index (χ2n) is 2.79. The lowest BCUT2D eigenvalue weighted by Crippen LogP contribution is -2.43. The second kappa shape index (κ2) is 2.92. The maximum Gasteiger partial charge on any atom is 0.173 e. The molecule has 0 aliphatic carbocycles. The molecule has 3 N–H and O–H groups in total. The molecular formula is C7H13N3O. The molecule has 62 valence electrons. The SMILES string of the molecule is CC(C)N1C=C(O)C=NC1N. The minimum absolute atomic E-state index is 0.153. The molecule has 0 fully saturated rings. The van der Waals surface area contributed by atoms with Gasteiger partial charge in [-0.1, -0.05) is 0 Å². The van der Waals surface area contributed by atoms with Gasteiger partial charge in [-0.3, -0.25) is 5.73 Å². The molecule has 0 aromatic carbocycles. The number of aliphatic imine (C=N–C) groups is 1. The van der Waals surface area contributed by atoms with Crippen molar-refractivity contribution < 1.29 is 5.11 Å². The normalized spacial score (nSPS) is 24.2. The zero-order chi connectivity index (χ0) is 8.43. The minimum atomic E-state index is -0.356. The van der Waals surface area contributed by atoms with Gasteiger partial charge in [0.15, 0.2) is 6.29 Å². The van der Waals surface area contributed by atoms with Crippen molar-refractivity contribution in [2.24, 2.45) is 10.7 Å². The summed E-state index contributed by atoms with van der Waals surface area (Å²) in [6.45, 7) is 3.98. The van der Waals surface area contributed by atoms with Crippen LogP contribution in [0, 0.1) is 0 Å². The van der Waals surface area contributed by atoms with Crippen LogP contribution in [-0.4, -0.2) is 28.6 Å². The molecule has 0 amide bonds. The Bertz CT molecular complexity index is 198. The summed E-state index contributed by atoms with van der Waals surface area (Å²) in [6.07, 6.45) is 2.61. The number of hydrogen-bond acceptors (Lipinski definition) is 4. The van der Waals surface area contributed by atoms with Crippen LogP contribution in [0.15, 0.2) is 17.0 Å². The van der Waals surface area contributed by atoms with E-state index in [9.17, 15) is 0 Å². The molecule has 11 heavy (non-hydrogen) atoms. The lowest BCUT2D eigenvalue weighted by Gasteiger charge is -2.30. The number of aliphatic hydroxyl groups is 1. The van der Waals surface area contributed by atoms with Gasteiger partial charge in [0.2, 0.25) is 0 Å². The molecule has 0 aromatic rings. The maximum absolute atomic E-state index is 9.06. The Morgan fingerprint density at radius 3 is 2.82 bits per heavy atom. The van der Waals surface area contributed by atoms with Gasteiger partial charge in [-0.15, -0.1) is 0 Å². The average Bonchev–Trinajstić information content (AvgIpc) is 1.94. The summed E-state index contributed by atoms with van der Waals surface area (Å²) in [4.78, 5) is 5.66. The van der Waals surface area contributed by atoms with Gasteiger partial charge in [0.1, 0.15) is 5.76 Å². The highest BCUT2D eigenvalue weighted by Crippen LogP contribution is 2.08. The van der Waals surface area contributed by atoms with Gasteiger partial charge in [-0.2, -0.15) is 0 Å². The molecule has 1 atom stereocenters. The van der Waals surface area contributed by atoms with Crippen molar-refractivity contribution in [1.82, 2.24) is 4.90 Å². The minimum Gasteiger partial charge on any atom is -0.505 e. The lowest BCUT2D eigenvalue weighted by atomic mass is 10.3. The van der Waals surface area contributed by atoms with E-state index < -0.39 is 0 Å². The molecule has 4 heteroatoms. The molecule has 0 bridgehead atoms. The summed E-state index contributed by atoms with van der Waals surface area (Å²) in [5.41, 5.74) is 5.61. The van der Waals surface area contributed by atoms with Crippen LogP contribution >= 0.6 is 0 Å². The van der Waals surface area contributed by atoms with E-state index in [0.717, 1.165) is 0 Å². The van der Waals surface area contributed by atoms with E-state index in [2.05, 4.69) is 4.99 Å². The molecule has 0 aromatic heterocycles. The van der Waals surface area contributed by atoms with Gasteiger partial charge < -0.3 is 10.0 Å². The number of nitrogens with zero attached hydrogens (tertiary/aromatic N) is 2. The summed E-state index contributed by atoms with van der Waals surface area (Å²) < 4.78 is 0. The highest BCUT2D eigenvalue weighted by molar-refractivity contribution is 5.76. The third kappa shape index (κ3) is 1.71. The van der Waals surface area contributed by atoms with Crippen molar-refractivity contribution in [2.45, 2.75) is 26.2 Å². The number of rotatable bonds is 1. The third-order valence-electron chi connectivity index (χ3n) is 1.54. The fourth-order valence-corrected chi connectivity index (χ4v) is 0.947. The summed E-state index contributed by atoms with van der Waals surface area (Å²) in [5, 5.41) is 9.06. The van der Waals surface area contributed by atoms with Gasteiger partial charge >= 0.3 is 0 Å². The number of nitrogens with two attached hydrogens (primary N) is 1. The zero-order valence-electron chi connectivity index (χ0n) is 6.73. The average molecular weight is 155 g/mol. The summed E-state index contributed by atoms with van der Waals surface area (Å²) in [6, 6.07) is 0.254. The molecule has 0 saturated carbocycles. The van der Waals surface area contributed by atoms with Gasteiger partial charge in [0.25, 0.3) is 0 Å². The van der Waals surface area contributed by atoms with Gasteiger partial charge in [0.05, 0.1) is 6.21 Å². The fraction of sp³-hybridized carbons (Fsp3) is 0.571. The first-order chi connectivity index (χ1) is 5.11. The van der Waals surface area contributed by atoms with Gasteiger partial charge in [0, 0.05) is 12.2 Å². The van der Waals surface area contributed by atoms with Crippen molar-refractivity contribution in [3.8, 4) is 0 Å². The standard InChI is InChI=1S/C7H13N3O/c1-5(2)10-4-6(11)3-9-7(10)8/h3-5,7,11H,8H2,1-2H3. The molecular weight excluding hydrogens is 142 g/mol. The van der Waals surface area contributed by atoms with E-state index in [-0.39, 0.29) is 18.1 Å². The van der Waals surface area contributed by atoms with Crippen LogP contribution in [0.5, 0.6) is 0 Å². The molecule has 1 aliphatic rings. The van der Waals surface area contributed by atoms with E-state index in [0.29, 0.717) is 0 Å². The number of aliphatic hydroxyl groups excluding tert-OH is 1. The molecule has 1 rings (SSSR count). The molecule has 0 saturated heterocycles. The van der Waals surface area contributed by atoms with Crippen LogP contribution in [0.2, 0.25) is 0 Å². The maximum atomic E-state index is 9.06. The van der Waals surface area contributed by atoms with Crippen LogP contribution in [0.25, 0.3) is 0 Å². The Labute approximate surface area is 66.0 Å². The largest absolute Gasteiger partial charge is 0.505 e. The van der Waals surface area contributed by atoms with E-state index in [1.807, 2.05) is 13.8 Å². The van der Waals surface area contributed by atoms with Crippen molar-refractivity contribution >= 4 is 6.21 Å². The second-order valence-corrected chi connectivity index (χ2v) is 2.79. The van der Waals surface area contributed by atoms with Gasteiger partial charge in [-0.05, 0) is 13.8 Å². The van der Waals surface area contributed by atoms with Crippen molar-refractivity contribution in [2.75, 3.05) is 0 Å². The van der Waals surface area contributed by atoms with Crippen molar-refractivity contribution in [1.29, 1.82) is 0 Å². The molecule has 1 aliphatic heterocycles. The Hall–Kier alpha value is -1.03. The monoisotopic (exact) mass is 155 g/mol. The third-order valence-corrected chi connectivity index (χ3v) is 1.54. The summed E-state index contributed by atoms with van der Waals surface area (Å²) in [7, 11) is 0. The van der Waals surface area contributed by atoms with Crippen LogP contribution in [-0.2, 0) is 0 Å². The molecule has 1 unspecified atom stereocenters. The predicted molar refractivity (Wildman–Crippen MR) is 44.2 cm³/mol. The van der Waals surface area contributed by atoms with Crippen LogP contribution < -0.4 is 5.73 Å². The lowest BCUT2D eigenvalue weighted by molar-refractivity contribution is 0.222. The summed E-state index contributed by atoms with van der Waals surface area (Å²) >= 11 is 0. The van der Waals surface area contributed by atoms with Crippen LogP contribution in [0.3, 0.4) is 0 Å². The number of hydrogen-bond donors (Lipinski definition) is 2. The van der Waals surface area contributed by atoms with Crippen molar-refractivity contribution in [3.05, 3.63) is 12.0 Å². The highest BCUT2D eigenvalue weighted by atomic mass is 16.3.